The number of hydrogen-bond donors (Lipinski definition) is 2. The molecule has 1 heterocycles. The normalized spacial score (nSPS) is 20.9. The highest BCUT2D eigenvalue weighted by Gasteiger charge is 2.35. The smallest absolute Gasteiger partial charge is 0.255 e. The molecule has 0 unspecified atom stereocenters. The Labute approximate surface area is 80.8 Å². The molecule has 0 atom stereocenters. The van der Waals surface area contributed by atoms with Crippen LogP contribution < -0.4 is 11.1 Å². The van der Waals surface area contributed by atoms with Gasteiger partial charge in [0.25, 0.3) is 6.43 Å². The van der Waals surface area contributed by atoms with E-state index in [1.54, 1.807) is 0 Å². The zero-order valence-corrected chi connectivity index (χ0v) is 7.76. The Morgan fingerprint density at radius 1 is 1.50 bits per heavy atom. The largest absolute Gasteiger partial charge is 0.381 e. The quantitative estimate of drug-likeness (QED) is 0.679. The molecule has 1 saturated heterocycles. The molecule has 1 rings (SSSR count). The third-order valence-corrected chi connectivity index (χ3v) is 2.25. The average molecular weight is 208 g/mol. The van der Waals surface area contributed by atoms with Gasteiger partial charge in [-0.2, -0.15) is 0 Å². The Kier molecular flexibility index (Phi) is 3.77. The number of nitrogens with one attached hydrogen (secondary N) is 1. The maximum absolute atomic E-state index is 11.8. The van der Waals surface area contributed by atoms with Crippen molar-refractivity contribution in [2.45, 2.75) is 24.8 Å². The van der Waals surface area contributed by atoms with Gasteiger partial charge in [-0.15, -0.1) is 0 Å². The molecule has 1 aliphatic rings. The fourth-order valence-corrected chi connectivity index (χ4v) is 1.31. The lowest BCUT2D eigenvalue weighted by molar-refractivity contribution is -0.130. The van der Waals surface area contributed by atoms with Gasteiger partial charge in [-0.3, -0.25) is 4.79 Å². The number of rotatable bonds is 3. The first-order valence-electron chi connectivity index (χ1n) is 4.48. The molecule has 0 saturated carbocycles. The zero-order valence-electron chi connectivity index (χ0n) is 7.76. The van der Waals surface area contributed by atoms with E-state index in [0.717, 1.165) is 0 Å². The van der Waals surface area contributed by atoms with Crippen LogP contribution in [0, 0.1) is 0 Å². The summed E-state index contributed by atoms with van der Waals surface area (Å²) >= 11 is 0. The van der Waals surface area contributed by atoms with Gasteiger partial charge in [0.2, 0.25) is 5.91 Å². The second kappa shape index (κ2) is 4.65. The Bertz CT molecular complexity index is 206. The van der Waals surface area contributed by atoms with Gasteiger partial charge in [0.1, 0.15) is 0 Å². The third kappa shape index (κ3) is 2.88. The predicted octanol–water partition coefficient (Wildman–Crippen LogP) is -0.124. The van der Waals surface area contributed by atoms with Crippen molar-refractivity contribution >= 4 is 5.91 Å². The van der Waals surface area contributed by atoms with Gasteiger partial charge in [-0.1, -0.05) is 0 Å². The van der Waals surface area contributed by atoms with Crippen LogP contribution in [0.4, 0.5) is 8.78 Å². The van der Waals surface area contributed by atoms with Gasteiger partial charge in [0, 0.05) is 13.2 Å². The van der Waals surface area contributed by atoms with Crippen molar-refractivity contribution < 1.29 is 18.3 Å². The predicted molar refractivity (Wildman–Crippen MR) is 46.0 cm³/mol. The number of ether oxygens (including phenoxy) is 1. The monoisotopic (exact) mass is 208 g/mol. The van der Waals surface area contributed by atoms with E-state index in [4.69, 9.17) is 10.5 Å². The van der Waals surface area contributed by atoms with Crippen LogP contribution in [0.2, 0.25) is 0 Å². The van der Waals surface area contributed by atoms with Crippen LogP contribution in [0.25, 0.3) is 0 Å². The third-order valence-electron chi connectivity index (χ3n) is 2.25. The standard InChI is InChI=1S/C8H14F2N2O2/c9-6(10)5-12-7(13)8(11)1-3-14-4-2-8/h6H,1-5,11H2,(H,12,13). The number of carbonyl (C=O) groups is 1. The number of amides is 1. The van der Waals surface area contributed by atoms with Gasteiger partial charge in [0.05, 0.1) is 12.1 Å². The van der Waals surface area contributed by atoms with Crippen molar-refractivity contribution in [1.82, 2.24) is 5.32 Å². The van der Waals surface area contributed by atoms with E-state index in [9.17, 15) is 13.6 Å². The molecular weight excluding hydrogens is 194 g/mol. The van der Waals surface area contributed by atoms with E-state index >= 15 is 0 Å². The maximum atomic E-state index is 11.8. The molecule has 82 valence electrons. The van der Waals surface area contributed by atoms with Crippen LogP contribution in [0.5, 0.6) is 0 Å². The van der Waals surface area contributed by atoms with E-state index in [1.807, 2.05) is 0 Å². The summed E-state index contributed by atoms with van der Waals surface area (Å²) in [4.78, 5) is 11.4. The van der Waals surface area contributed by atoms with E-state index < -0.39 is 24.4 Å². The summed E-state index contributed by atoms with van der Waals surface area (Å²) in [6.07, 6.45) is -1.79. The van der Waals surface area contributed by atoms with Crippen molar-refractivity contribution in [2.24, 2.45) is 5.73 Å². The Morgan fingerprint density at radius 2 is 2.07 bits per heavy atom. The van der Waals surface area contributed by atoms with Gasteiger partial charge < -0.3 is 15.8 Å². The summed E-state index contributed by atoms with van der Waals surface area (Å²) in [7, 11) is 0. The molecule has 6 heteroatoms. The zero-order chi connectivity index (χ0) is 10.6. The molecule has 0 aliphatic carbocycles. The van der Waals surface area contributed by atoms with Crippen LogP contribution in [0.1, 0.15) is 12.8 Å². The first kappa shape index (κ1) is 11.3. The molecule has 0 aromatic carbocycles. The summed E-state index contributed by atoms with van der Waals surface area (Å²) in [5.41, 5.74) is 4.72. The van der Waals surface area contributed by atoms with Gasteiger partial charge >= 0.3 is 0 Å². The molecule has 0 aromatic heterocycles. The Morgan fingerprint density at radius 3 is 2.57 bits per heavy atom. The van der Waals surface area contributed by atoms with Gasteiger partial charge in [0.15, 0.2) is 0 Å². The summed E-state index contributed by atoms with van der Waals surface area (Å²) in [5, 5.41) is 2.12. The summed E-state index contributed by atoms with van der Waals surface area (Å²) in [6, 6.07) is 0. The van der Waals surface area contributed by atoms with Crippen molar-refractivity contribution in [1.29, 1.82) is 0 Å². The highest BCUT2D eigenvalue weighted by molar-refractivity contribution is 5.86. The maximum Gasteiger partial charge on any atom is 0.255 e. The minimum Gasteiger partial charge on any atom is -0.381 e. The molecular formula is C8H14F2N2O2. The highest BCUT2D eigenvalue weighted by atomic mass is 19.3. The number of halogens is 2. The molecule has 0 bridgehead atoms. The van der Waals surface area contributed by atoms with Crippen LogP contribution in [-0.2, 0) is 9.53 Å². The molecule has 3 N–H and O–H groups in total. The highest BCUT2D eigenvalue weighted by Crippen LogP contribution is 2.17. The first-order valence-corrected chi connectivity index (χ1v) is 4.48. The van der Waals surface area contributed by atoms with Crippen LogP contribution in [0.3, 0.4) is 0 Å². The summed E-state index contributed by atoms with van der Waals surface area (Å²) < 4.78 is 28.6. The molecule has 0 spiro atoms. The Hall–Kier alpha value is -0.750. The van der Waals surface area contributed by atoms with Crippen molar-refractivity contribution in [3.8, 4) is 0 Å². The van der Waals surface area contributed by atoms with Gasteiger partial charge in [-0.25, -0.2) is 8.78 Å². The summed E-state index contributed by atoms with van der Waals surface area (Å²) in [6.45, 7) is 0.163. The minimum absolute atomic E-state index is 0.377. The van der Waals surface area contributed by atoms with Crippen LogP contribution in [0.15, 0.2) is 0 Å². The molecule has 4 nitrogen and oxygen atoms in total. The number of hydrogen-bond acceptors (Lipinski definition) is 3. The fourth-order valence-electron chi connectivity index (χ4n) is 1.31. The lowest BCUT2D eigenvalue weighted by Gasteiger charge is -2.31. The average Bonchev–Trinajstić information content (AvgIpc) is 2.15. The lowest BCUT2D eigenvalue weighted by Crippen LogP contribution is -2.57. The minimum atomic E-state index is -2.54. The molecule has 1 amide bonds. The van der Waals surface area contributed by atoms with E-state index in [-0.39, 0.29) is 0 Å². The molecule has 0 radical (unpaired) electrons. The topological polar surface area (TPSA) is 64.4 Å². The molecule has 1 fully saturated rings. The van der Waals surface area contributed by atoms with Crippen molar-refractivity contribution in [3.63, 3.8) is 0 Å². The molecule has 1 aliphatic heterocycles. The van der Waals surface area contributed by atoms with Crippen molar-refractivity contribution in [3.05, 3.63) is 0 Å². The molecule has 14 heavy (non-hydrogen) atoms. The van der Waals surface area contributed by atoms with Crippen molar-refractivity contribution in [2.75, 3.05) is 19.8 Å². The second-order valence-corrected chi connectivity index (χ2v) is 3.37. The number of alkyl halides is 2. The van der Waals surface area contributed by atoms with E-state index in [1.165, 1.54) is 0 Å². The first-order chi connectivity index (χ1) is 6.54. The lowest BCUT2D eigenvalue weighted by atomic mass is 9.90. The van der Waals surface area contributed by atoms with E-state index in [0.29, 0.717) is 26.1 Å². The fraction of sp³-hybridized carbons (Fsp3) is 0.875. The summed E-state index contributed by atoms with van der Waals surface area (Å²) in [5.74, 6) is -0.513. The van der Waals surface area contributed by atoms with Crippen LogP contribution in [-0.4, -0.2) is 37.6 Å². The van der Waals surface area contributed by atoms with Crippen LogP contribution >= 0.6 is 0 Å². The Balaban J connectivity index is 2.41. The van der Waals surface area contributed by atoms with E-state index in [2.05, 4.69) is 5.32 Å². The van der Waals surface area contributed by atoms with Gasteiger partial charge in [-0.05, 0) is 12.8 Å². The number of nitrogens with two attached hydrogens (primary N) is 1. The molecule has 0 aromatic rings. The number of carbonyl (C=O) groups excluding carboxylic acids is 1. The SMILES string of the molecule is NC1(C(=O)NCC(F)F)CCOCC1. The second-order valence-electron chi connectivity index (χ2n) is 3.37.